The van der Waals surface area contributed by atoms with E-state index in [0.717, 1.165) is 0 Å². The summed E-state index contributed by atoms with van der Waals surface area (Å²) in [7, 11) is 0. The molecule has 3 radical (unpaired) electrons. The Morgan fingerprint density at radius 1 is 0.619 bits per heavy atom. The van der Waals surface area contributed by atoms with Gasteiger partial charge in [-0.3, -0.25) is 0 Å². The Labute approximate surface area is 153 Å². The van der Waals surface area contributed by atoms with Gasteiger partial charge in [0.1, 0.15) is 0 Å². The van der Waals surface area contributed by atoms with Gasteiger partial charge in [0, 0.05) is 0 Å². The second kappa shape index (κ2) is 25.7. The van der Waals surface area contributed by atoms with Gasteiger partial charge in [0.15, 0.2) is 0 Å². The van der Waals surface area contributed by atoms with Crippen molar-refractivity contribution in [2.45, 2.75) is 102 Å². The van der Waals surface area contributed by atoms with Gasteiger partial charge in [-0.25, -0.2) is 0 Å². The molecule has 0 heterocycles. The quantitative estimate of drug-likeness (QED) is 0.215. The third-order valence-corrected chi connectivity index (χ3v) is 4.57. The van der Waals surface area contributed by atoms with E-state index < -0.39 is 0 Å². The molecule has 0 aromatic heterocycles. The van der Waals surface area contributed by atoms with Crippen LogP contribution in [-0.2, 0) is 0 Å². The predicted molar refractivity (Wildman–Crippen MR) is 105 cm³/mol. The zero-order valence-electron chi connectivity index (χ0n) is 14.8. The van der Waals surface area contributed by atoms with Crippen molar-refractivity contribution in [1.29, 1.82) is 0 Å². The summed E-state index contributed by atoms with van der Waals surface area (Å²) in [4.78, 5) is 0. The van der Waals surface area contributed by atoms with Crippen LogP contribution in [0.3, 0.4) is 0 Å². The summed E-state index contributed by atoms with van der Waals surface area (Å²) in [5.41, 5.74) is 0. The van der Waals surface area contributed by atoms with Gasteiger partial charge in [0.05, 0.1) is 0 Å². The molecule has 0 amide bonds. The van der Waals surface area contributed by atoms with Crippen molar-refractivity contribution in [1.82, 2.24) is 0 Å². The van der Waals surface area contributed by atoms with E-state index in [1.54, 1.807) is 0 Å². The van der Waals surface area contributed by atoms with Gasteiger partial charge in [0.2, 0.25) is 0 Å². The Bertz CT molecular complexity index is 184. The molecular formula is C18H41Ge2O. The standard InChI is InChI=1S/C18H36Ge.GeH3.H2O/c1-2-3-4-5-6-7-8-9-10-11-12-13-14-15-16-17-18-19;;/h9-10,19H,2-8,11-18H2,1H3;1H3;1H2/b10-9-;;. The fourth-order valence-corrected chi connectivity index (χ4v) is 3.00. The molecule has 1 nitrogen and oxygen atoms in total. The molecule has 0 aliphatic carbocycles. The molecule has 3 heteroatoms. The van der Waals surface area contributed by atoms with E-state index in [1.807, 2.05) is 16.5 Å². The van der Waals surface area contributed by atoms with Gasteiger partial charge in [-0.05, 0) is 0 Å². The molecule has 0 saturated heterocycles. The Hall–Kier alpha value is 0.786. The number of hydrogen-bond donors (Lipinski definition) is 0. The number of hydrogen-bond acceptors (Lipinski definition) is 0. The number of rotatable bonds is 15. The molecule has 0 rings (SSSR count). The Morgan fingerprint density at radius 2 is 1.00 bits per heavy atom. The molecule has 0 bridgehead atoms. The average molecular weight is 419 g/mol. The van der Waals surface area contributed by atoms with E-state index in [-0.39, 0.29) is 23.1 Å². The first-order chi connectivity index (χ1) is 9.41. The van der Waals surface area contributed by atoms with E-state index in [9.17, 15) is 0 Å². The van der Waals surface area contributed by atoms with Crippen LogP contribution < -0.4 is 0 Å². The zero-order valence-corrected chi connectivity index (χ0v) is 21.5. The molecule has 0 spiro atoms. The molecule has 0 saturated carbocycles. The SMILES string of the molecule is CCCCCCCC/C=C\CCCCCCC[CH2][GeH].O.[GeH3]. The van der Waals surface area contributed by atoms with Gasteiger partial charge in [-0.15, -0.1) is 0 Å². The normalized spacial score (nSPS) is 10.4. The maximum absolute atomic E-state index is 2.42. The minimum atomic E-state index is 0. The molecule has 0 aromatic carbocycles. The van der Waals surface area contributed by atoms with Crippen molar-refractivity contribution in [2.24, 2.45) is 0 Å². The zero-order chi connectivity index (χ0) is 14.0. The van der Waals surface area contributed by atoms with Crippen LogP contribution >= 0.6 is 0 Å². The third kappa shape index (κ3) is 26.0. The van der Waals surface area contributed by atoms with Crippen molar-refractivity contribution < 1.29 is 5.48 Å². The van der Waals surface area contributed by atoms with Crippen LogP contribution in [0.25, 0.3) is 0 Å². The molecule has 0 atom stereocenters. The van der Waals surface area contributed by atoms with Crippen LogP contribution in [-0.4, -0.2) is 39.6 Å². The van der Waals surface area contributed by atoms with Gasteiger partial charge in [0.25, 0.3) is 0 Å². The fourth-order valence-electron chi connectivity index (χ4n) is 2.39. The summed E-state index contributed by atoms with van der Waals surface area (Å²) >= 11 is 1.89. The summed E-state index contributed by atoms with van der Waals surface area (Å²) in [5, 5.41) is 1.42. The first-order valence-electron chi connectivity index (χ1n) is 8.77. The minimum absolute atomic E-state index is 0. The molecule has 0 unspecified atom stereocenters. The van der Waals surface area contributed by atoms with Gasteiger partial charge >= 0.3 is 109 Å². The average Bonchev–Trinajstić information content (AvgIpc) is 2.43. The first-order valence-corrected chi connectivity index (χ1v) is 10.5. The van der Waals surface area contributed by atoms with Crippen molar-refractivity contribution >= 4 is 34.1 Å². The molecule has 0 aromatic rings. The summed E-state index contributed by atoms with van der Waals surface area (Å²) in [6, 6.07) is 0. The first kappa shape index (κ1) is 26.7. The van der Waals surface area contributed by atoms with Crippen molar-refractivity contribution in [2.75, 3.05) is 0 Å². The van der Waals surface area contributed by atoms with Crippen molar-refractivity contribution in [3.63, 3.8) is 0 Å². The topological polar surface area (TPSA) is 31.5 Å². The van der Waals surface area contributed by atoms with Crippen LogP contribution in [0.5, 0.6) is 0 Å². The Morgan fingerprint density at radius 3 is 1.43 bits per heavy atom. The predicted octanol–water partition coefficient (Wildman–Crippen LogP) is 4.33. The number of unbranched alkanes of at least 4 members (excludes halogenated alkanes) is 12. The van der Waals surface area contributed by atoms with Crippen LogP contribution in [0.2, 0.25) is 5.25 Å². The van der Waals surface area contributed by atoms with E-state index in [2.05, 4.69) is 19.1 Å². The molecule has 127 valence electrons. The summed E-state index contributed by atoms with van der Waals surface area (Å²) in [5.74, 6) is 0. The summed E-state index contributed by atoms with van der Waals surface area (Å²) in [6.45, 7) is 2.28. The van der Waals surface area contributed by atoms with E-state index in [1.165, 1.54) is 95.1 Å². The number of allylic oxidation sites excluding steroid dienone is 2. The van der Waals surface area contributed by atoms with Crippen LogP contribution in [0.1, 0.15) is 96.8 Å². The summed E-state index contributed by atoms with van der Waals surface area (Å²) in [6.07, 6.45) is 24.7. The van der Waals surface area contributed by atoms with Crippen LogP contribution in [0.4, 0.5) is 0 Å². The molecule has 0 fully saturated rings. The van der Waals surface area contributed by atoms with Crippen LogP contribution in [0, 0.1) is 0 Å². The second-order valence-electron chi connectivity index (χ2n) is 5.73. The Kier molecular flexibility index (Phi) is 32.7. The van der Waals surface area contributed by atoms with Crippen LogP contribution in [0.15, 0.2) is 12.2 Å². The van der Waals surface area contributed by atoms with E-state index in [0.29, 0.717) is 0 Å². The van der Waals surface area contributed by atoms with Crippen molar-refractivity contribution in [3.8, 4) is 0 Å². The van der Waals surface area contributed by atoms with Crippen molar-refractivity contribution in [3.05, 3.63) is 12.2 Å². The van der Waals surface area contributed by atoms with E-state index >= 15 is 0 Å². The third-order valence-electron chi connectivity index (χ3n) is 3.72. The summed E-state index contributed by atoms with van der Waals surface area (Å²) < 4.78 is 0. The van der Waals surface area contributed by atoms with E-state index in [4.69, 9.17) is 0 Å². The molecule has 2 N–H and O–H groups in total. The molecule has 21 heavy (non-hydrogen) atoms. The molecular weight excluding hydrogens is 377 g/mol. The van der Waals surface area contributed by atoms with Gasteiger partial charge in [-0.1, -0.05) is 39.0 Å². The molecule has 0 aliphatic rings. The Balaban J connectivity index is -0.00000162. The fraction of sp³-hybridized carbons (Fsp3) is 0.889. The van der Waals surface area contributed by atoms with Gasteiger partial charge in [-0.2, -0.15) is 0 Å². The maximum atomic E-state index is 2.42. The second-order valence-corrected chi connectivity index (χ2v) is 6.94. The van der Waals surface area contributed by atoms with Gasteiger partial charge < -0.3 is 5.48 Å². The molecule has 0 aliphatic heterocycles. The monoisotopic (exact) mass is 421 g/mol.